The molecule has 0 bridgehead atoms. The van der Waals surface area contributed by atoms with Crippen molar-refractivity contribution in [1.29, 1.82) is 0 Å². The number of hydrogen-bond donors (Lipinski definition) is 2. The molecule has 4 aliphatic rings. The number of hydrogen-bond acceptors (Lipinski definition) is 3. The minimum Gasteiger partial charge on any atom is -0.444 e. The Labute approximate surface area is 411 Å². The van der Waals surface area contributed by atoms with Gasteiger partial charge in [-0.25, -0.2) is 4.79 Å². The number of fused-ring (bicyclic) bond motifs is 10. The zero-order valence-corrected chi connectivity index (χ0v) is 42.4. The molecule has 6 aromatic rings. The monoisotopic (exact) mass is 917 g/mol. The lowest BCUT2D eigenvalue weighted by atomic mass is 9.47. The largest absolute Gasteiger partial charge is 0.444 e. The van der Waals surface area contributed by atoms with E-state index < -0.39 is 17.7 Å². The standard InChI is InChI=1S/C64H72N2O3/c1-9-14-17-26-56(66-59(68)69-60(6,7)8)58(67)65-57-37-51-49-31-28-45(43-24-20-16-21-25-43)34-53(49)64(40-62(12-4,13-5)41-64)55(51)36-50(57)46-29-32-48-47-30-27-44(42-22-18-15-19-23-42)33-52(47)63(54(48)35-46)38-61(10-2,11-3)39-63/h15-16,18-25,27-37,56H,9-14,17,26,38-41H2,1-8H3,(H,65,67)(H,66,68). The quantitative estimate of drug-likeness (QED) is 0.107. The van der Waals surface area contributed by atoms with Crippen molar-refractivity contribution in [3.8, 4) is 55.6 Å². The molecule has 2 N–H and O–H groups in total. The predicted octanol–water partition coefficient (Wildman–Crippen LogP) is 16.8. The fraction of sp³-hybridized carbons (Fsp3) is 0.406. The fourth-order valence-corrected chi connectivity index (χ4v) is 13.4. The molecule has 4 aliphatic carbocycles. The Morgan fingerprint density at radius 1 is 0.522 bits per heavy atom. The number of alkyl carbamates (subject to hydrolysis) is 1. The third-order valence-electron chi connectivity index (χ3n) is 17.5. The summed E-state index contributed by atoms with van der Waals surface area (Å²) in [5, 5.41) is 6.47. The van der Waals surface area contributed by atoms with E-state index in [-0.39, 0.29) is 22.2 Å². The molecule has 2 saturated carbocycles. The van der Waals surface area contributed by atoms with E-state index in [1.807, 2.05) is 20.8 Å². The number of ether oxygens (including phenoxy) is 1. The molecule has 0 radical (unpaired) electrons. The fourth-order valence-electron chi connectivity index (χ4n) is 13.4. The van der Waals surface area contributed by atoms with Crippen molar-refractivity contribution >= 4 is 17.7 Å². The van der Waals surface area contributed by atoms with Crippen LogP contribution in [0.2, 0.25) is 0 Å². The average molecular weight is 917 g/mol. The number of carbonyl (C=O) groups is 2. The molecular weight excluding hydrogens is 845 g/mol. The van der Waals surface area contributed by atoms with Crippen molar-refractivity contribution < 1.29 is 14.3 Å². The summed E-state index contributed by atoms with van der Waals surface area (Å²) in [5.74, 6) is -0.224. The first kappa shape index (κ1) is 46.8. The van der Waals surface area contributed by atoms with E-state index in [1.165, 1.54) is 66.8 Å². The molecule has 0 saturated heterocycles. The summed E-state index contributed by atoms with van der Waals surface area (Å²) in [7, 11) is 0. The van der Waals surface area contributed by atoms with Crippen LogP contribution < -0.4 is 10.6 Å². The molecule has 0 aromatic heterocycles. The smallest absolute Gasteiger partial charge is 0.408 e. The van der Waals surface area contributed by atoms with Crippen LogP contribution in [0.3, 0.4) is 0 Å². The first-order valence-corrected chi connectivity index (χ1v) is 26.3. The lowest BCUT2D eigenvalue weighted by Crippen LogP contribution is -2.49. The SMILES string of the molecule is CCCCCC(NC(=O)OC(C)(C)C)C(=O)Nc1cc2c(cc1-c1ccc3c(c1)C1(CC(CC)(CC)C1)c1cc(-c4ccccc4)ccc1-3)C1(CC(CC)(CC)C1)c1cc(-c3ccccc3)ccc1-2. The van der Waals surface area contributed by atoms with Crippen molar-refractivity contribution in [1.82, 2.24) is 5.32 Å². The van der Waals surface area contributed by atoms with Gasteiger partial charge in [-0.3, -0.25) is 4.79 Å². The molecule has 5 nitrogen and oxygen atoms in total. The summed E-state index contributed by atoms with van der Waals surface area (Å²) in [6.07, 6.45) is 11.8. The third-order valence-corrected chi connectivity index (χ3v) is 17.5. The van der Waals surface area contributed by atoms with Crippen molar-refractivity contribution in [2.24, 2.45) is 10.8 Å². The van der Waals surface area contributed by atoms with Crippen LogP contribution >= 0.6 is 0 Å². The number of carbonyl (C=O) groups excluding carboxylic acids is 2. The van der Waals surface area contributed by atoms with Crippen molar-refractivity contribution in [3.05, 3.63) is 150 Å². The minimum absolute atomic E-state index is 0.0968. The number of nitrogens with one attached hydrogen (secondary N) is 2. The van der Waals surface area contributed by atoms with Gasteiger partial charge in [0.15, 0.2) is 0 Å². The molecule has 2 spiro atoms. The van der Waals surface area contributed by atoms with E-state index in [4.69, 9.17) is 4.74 Å². The van der Waals surface area contributed by atoms with Gasteiger partial charge in [0, 0.05) is 22.1 Å². The minimum atomic E-state index is -0.760. The molecule has 69 heavy (non-hydrogen) atoms. The van der Waals surface area contributed by atoms with Gasteiger partial charge in [-0.2, -0.15) is 0 Å². The molecule has 2 fully saturated rings. The Morgan fingerprint density at radius 3 is 1.43 bits per heavy atom. The number of amides is 2. The highest BCUT2D eigenvalue weighted by Gasteiger charge is 2.59. The van der Waals surface area contributed by atoms with Crippen LogP contribution in [0.4, 0.5) is 10.5 Å². The summed E-state index contributed by atoms with van der Waals surface area (Å²) in [4.78, 5) is 28.3. The molecule has 1 atom stereocenters. The molecule has 0 heterocycles. The molecule has 0 aliphatic heterocycles. The Hall–Kier alpha value is -5.94. The van der Waals surface area contributed by atoms with Gasteiger partial charge < -0.3 is 15.4 Å². The zero-order valence-electron chi connectivity index (χ0n) is 42.4. The molecule has 356 valence electrons. The van der Waals surface area contributed by atoms with Gasteiger partial charge in [-0.15, -0.1) is 0 Å². The number of rotatable bonds is 14. The van der Waals surface area contributed by atoms with Gasteiger partial charge in [-0.1, -0.05) is 177 Å². The second-order valence-corrected chi connectivity index (χ2v) is 22.4. The Balaban J connectivity index is 1.14. The van der Waals surface area contributed by atoms with Gasteiger partial charge in [0.1, 0.15) is 11.6 Å². The van der Waals surface area contributed by atoms with Crippen LogP contribution in [0.5, 0.6) is 0 Å². The Kier molecular flexibility index (Phi) is 12.1. The number of benzene rings is 6. The van der Waals surface area contributed by atoms with E-state index in [0.717, 1.165) is 87.4 Å². The maximum atomic E-state index is 14.9. The van der Waals surface area contributed by atoms with Crippen LogP contribution in [0.1, 0.15) is 155 Å². The lowest BCUT2D eigenvalue weighted by molar-refractivity contribution is -0.118. The van der Waals surface area contributed by atoms with Gasteiger partial charge in [0.2, 0.25) is 5.91 Å². The van der Waals surface area contributed by atoms with E-state index >= 15 is 0 Å². The second-order valence-electron chi connectivity index (χ2n) is 22.4. The summed E-state index contributed by atoms with van der Waals surface area (Å²) in [5.41, 5.74) is 18.3. The normalized spacial score (nSPS) is 17.4. The van der Waals surface area contributed by atoms with Crippen LogP contribution in [0, 0.1) is 10.8 Å². The third kappa shape index (κ3) is 8.02. The maximum Gasteiger partial charge on any atom is 0.408 e. The first-order valence-electron chi connectivity index (χ1n) is 26.3. The zero-order chi connectivity index (χ0) is 48.3. The molecule has 1 unspecified atom stereocenters. The lowest BCUT2D eigenvalue weighted by Gasteiger charge is -2.56. The number of unbranched alkanes of at least 4 members (excludes halogenated alkanes) is 2. The highest BCUT2D eigenvalue weighted by atomic mass is 16.6. The van der Waals surface area contributed by atoms with E-state index in [2.05, 4.69) is 173 Å². The Morgan fingerprint density at radius 2 is 0.971 bits per heavy atom. The molecule has 2 amide bonds. The van der Waals surface area contributed by atoms with Crippen molar-refractivity contribution in [3.63, 3.8) is 0 Å². The van der Waals surface area contributed by atoms with E-state index in [1.54, 1.807) is 0 Å². The predicted molar refractivity (Wildman–Crippen MR) is 286 cm³/mol. The molecular formula is C64H72N2O3. The Bertz CT molecular complexity index is 2900. The number of anilines is 1. The van der Waals surface area contributed by atoms with Crippen LogP contribution in [-0.2, 0) is 20.4 Å². The molecule has 10 rings (SSSR count). The van der Waals surface area contributed by atoms with Gasteiger partial charge in [0.25, 0.3) is 0 Å². The summed E-state index contributed by atoms with van der Waals surface area (Å²) < 4.78 is 5.72. The van der Waals surface area contributed by atoms with Crippen molar-refractivity contribution in [2.45, 2.75) is 155 Å². The first-order chi connectivity index (χ1) is 33.2. The van der Waals surface area contributed by atoms with Crippen LogP contribution in [0.15, 0.2) is 127 Å². The summed E-state index contributed by atoms with van der Waals surface area (Å²) in [6.45, 7) is 17.2. The topological polar surface area (TPSA) is 67.4 Å². The van der Waals surface area contributed by atoms with Gasteiger partial charge in [0.05, 0.1) is 0 Å². The van der Waals surface area contributed by atoms with E-state index in [0.29, 0.717) is 11.8 Å². The summed E-state index contributed by atoms with van der Waals surface area (Å²) in [6, 6.07) is 46.9. The second kappa shape index (κ2) is 17.8. The molecule has 6 aromatic carbocycles. The average Bonchev–Trinajstić information content (AvgIpc) is 3.77. The van der Waals surface area contributed by atoms with Gasteiger partial charge in [-0.05, 0) is 166 Å². The summed E-state index contributed by atoms with van der Waals surface area (Å²) >= 11 is 0. The van der Waals surface area contributed by atoms with Gasteiger partial charge >= 0.3 is 6.09 Å². The van der Waals surface area contributed by atoms with Crippen LogP contribution in [-0.4, -0.2) is 23.6 Å². The van der Waals surface area contributed by atoms with E-state index in [9.17, 15) is 9.59 Å². The highest BCUT2D eigenvalue weighted by Crippen LogP contribution is 2.70. The molecule has 5 heteroatoms. The van der Waals surface area contributed by atoms with Crippen molar-refractivity contribution in [2.75, 3.05) is 5.32 Å². The van der Waals surface area contributed by atoms with Crippen LogP contribution in [0.25, 0.3) is 55.6 Å². The highest BCUT2D eigenvalue weighted by molar-refractivity contribution is 6.02. The maximum absolute atomic E-state index is 14.9.